The molecule has 1 aliphatic rings. The molecule has 0 radical (unpaired) electrons. The number of nitrogens with zero attached hydrogens (tertiary/aromatic N) is 3. The van der Waals surface area contributed by atoms with Crippen molar-refractivity contribution in [2.45, 2.75) is 43.4 Å². The van der Waals surface area contributed by atoms with E-state index in [1.807, 2.05) is 6.92 Å². The molecule has 0 saturated carbocycles. The number of nitriles is 1. The third-order valence-corrected chi connectivity index (χ3v) is 5.96. The molecule has 1 saturated heterocycles. The number of alkyl halides is 3. The van der Waals surface area contributed by atoms with Crippen molar-refractivity contribution in [1.82, 2.24) is 9.88 Å². The molecule has 158 valence electrons. The third-order valence-electron chi connectivity index (χ3n) is 5.00. The number of hydrogen-bond acceptors (Lipinski definition) is 4. The molecule has 30 heavy (non-hydrogen) atoms. The first kappa shape index (κ1) is 22.1. The number of benzene rings is 1. The third kappa shape index (κ3) is 4.93. The smallest absolute Gasteiger partial charge is 0.339 e. The molecule has 1 fully saturated rings. The fraction of sp³-hybridized carbons (Fsp3) is 0.381. The van der Waals surface area contributed by atoms with Crippen LogP contribution in [-0.4, -0.2) is 34.1 Å². The fourth-order valence-electron chi connectivity index (χ4n) is 3.41. The summed E-state index contributed by atoms with van der Waals surface area (Å²) in [5.41, 5.74) is -1.50. The van der Waals surface area contributed by atoms with Crippen molar-refractivity contribution >= 4 is 17.7 Å². The zero-order valence-electron chi connectivity index (χ0n) is 16.2. The fourth-order valence-corrected chi connectivity index (χ4v) is 4.30. The summed E-state index contributed by atoms with van der Waals surface area (Å²) in [5.74, 6) is -0.839. The van der Waals surface area contributed by atoms with E-state index >= 15 is 0 Å². The Balaban J connectivity index is 1.95. The number of thioether (sulfide) groups is 1. The first-order chi connectivity index (χ1) is 14.2. The highest BCUT2D eigenvalue weighted by Gasteiger charge is 2.36. The lowest BCUT2D eigenvalue weighted by atomic mass is 10.0. The van der Waals surface area contributed by atoms with E-state index < -0.39 is 23.1 Å². The van der Waals surface area contributed by atoms with Gasteiger partial charge < -0.3 is 4.90 Å². The molecule has 0 unspecified atom stereocenters. The molecule has 9 heteroatoms. The van der Waals surface area contributed by atoms with Gasteiger partial charge in [0.1, 0.15) is 16.9 Å². The Labute approximate surface area is 175 Å². The van der Waals surface area contributed by atoms with Crippen LogP contribution in [0.15, 0.2) is 35.4 Å². The van der Waals surface area contributed by atoms with Gasteiger partial charge in [-0.05, 0) is 56.5 Å². The van der Waals surface area contributed by atoms with Crippen molar-refractivity contribution in [2.75, 3.05) is 12.3 Å². The average molecular weight is 437 g/mol. The van der Waals surface area contributed by atoms with Gasteiger partial charge in [-0.1, -0.05) is 11.8 Å². The van der Waals surface area contributed by atoms with Crippen LogP contribution in [0.25, 0.3) is 11.3 Å². The van der Waals surface area contributed by atoms with Crippen LogP contribution in [0.4, 0.5) is 17.6 Å². The topological polar surface area (TPSA) is 57.0 Å². The van der Waals surface area contributed by atoms with Crippen LogP contribution in [0.2, 0.25) is 0 Å². The van der Waals surface area contributed by atoms with Crippen molar-refractivity contribution < 1.29 is 22.4 Å². The van der Waals surface area contributed by atoms with Crippen molar-refractivity contribution in [3.63, 3.8) is 0 Å². The highest BCUT2D eigenvalue weighted by Crippen LogP contribution is 2.38. The second kappa shape index (κ2) is 9.04. The van der Waals surface area contributed by atoms with E-state index in [4.69, 9.17) is 0 Å². The minimum Gasteiger partial charge on any atom is -0.339 e. The van der Waals surface area contributed by atoms with Crippen molar-refractivity contribution in [3.05, 3.63) is 47.3 Å². The summed E-state index contributed by atoms with van der Waals surface area (Å²) in [7, 11) is 0. The summed E-state index contributed by atoms with van der Waals surface area (Å²) in [6.45, 7) is 2.56. The van der Waals surface area contributed by atoms with E-state index in [0.717, 1.165) is 49.2 Å². The standard InChI is InChI=1S/C21H19F4N3OS/c1-13-4-2-3-9-28(13)19(29)12-30-20-16(11-26)17(21(23,24)25)10-18(27-20)14-5-7-15(22)8-6-14/h5-8,10,13H,2-4,9,12H2,1H3/t13-/m0/s1. The molecule has 0 bridgehead atoms. The minimum atomic E-state index is -4.77. The van der Waals surface area contributed by atoms with Crippen LogP contribution in [0.1, 0.15) is 37.3 Å². The first-order valence-corrected chi connectivity index (χ1v) is 10.4. The Morgan fingerprint density at radius 2 is 2.00 bits per heavy atom. The van der Waals surface area contributed by atoms with Crippen molar-refractivity contribution in [3.8, 4) is 17.3 Å². The maximum atomic E-state index is 13.6. The molecule has 0 spiro atoms. The van der Waals surface area contributed by atoms with Crippen LogP contribution >= 0.6 is 11.8 Å². The van der Waals surface area contributed by atoms with Gasteiger partial charge in [-0.3, -0.25) is 4.79 Å². The Kier molecular flexibility index (Phi) is 6.66. The van der Waals surface area contributed by atoms with Crippen LogP contribution in [0.3, 0.4) is 0 Å². The van der Waals surface area contributed by atoms with Crippen molar-refractivity contribution in [2.24, 2.45) is 0 Å². The lowest BCUT2D eigenvalue weighted by molar-refractivity contribution is -0.138. The van der Waals surface area contributed by atoms with Gasteiger partial charge >= 0.3 is 6.18 Å². The van der Waals surface area contributed by atoms with Gasteiger partial charge in [-0.2, -0.15) is 18.4 Å². The monoisotopic (exact) mass is 437 g/mol. The Hall–Kier alpha value is -2.60. The molecule has 1 aromatic heterocycles. The van der Waals surface area contributed by atoms with Crippen LogP contribution < -0.4 is 0 Å². The number of halogens is 4. The number of carbonyl (C=O) groups is 1. The maximum Gasteiger partial charge on any atom is 0.417 e. The quantitative estimate of drug-likeness (QED) is 0.483. The van der Waals surface area contributed by atoms with E-state index in [0.29, 0.717) is 6.54 Å². The molecule has 4 nitrogen and oxygen atoms in total. The Bertz CT molecular complexity index is 970. The Morgan fingerprint density at radius 3 is 2.60 bits per heavy atom. The van der Waals surface area contributed by atoms with Gasteiger partial charge in [0.2, 0.25) is 5.91 Å². The average Bonchev–Trinajstić information content (AvgIpc) is 2.71. The summed E-state index contributed by atoms with van der Waals surface area (Å²) >= 11 is 0.819. The first-order valence-electron chi connectivity index (χ1n) is 9.41. The molecule has 1 aromatic carbocycles. The lowest BCUT2D eigenvalue weighted by Gasteiger charge is -2.33. The predicted octanol–water partition coefficient (Wildman–Crippen LogP) is 5.27. The van der Waals surface area contributed by atoms with Gasteiger partial charge in [0.15, 0.2) is 0 Å². The van der Waals surface area contributed by atoms with E-state index in [9.17, 15) is 27.6 Å². The summed E-state index contributed by atoms with van der Waals surface area (Å²) in [6.07, 6.45) is -1.96. The normalized spacial score (nSPS) is 16.9. The van der Waals surface area contributed by atoms with Gasteiger partial charge in [0.25, 0.3) is 0 Å². The van der Waals surface area contributed by atoms with Crippen molar-refractivity contribution in [1.29, 1.82) is 5.26 Å². The molecular weight excluding hydrogens is 418 g/mol. The SMILES string of the molecule is C[C@H]1CCCCN1C(=O)CSc1nc(-c2ccc(F)cc2)cc(C(F)(F)F)c1C#N. The molecule has 1 aliphatic heterocycles. The zero-order chi connectivity index (χ0) is 21.9. The number of likely N-dealkylation sites (tertiary alicyclic amines) is 1. The molecule has 0 aliphatic carbocycles. The number of pyridine rings is 1. The van der Waals surface area contributed by atoms with E-state index in [2.05, 4.69) is 4.98 Å². The van der Waals surface area contributed by atoms with Gasteiger partial charge in [-0.15, -0.1) is 0 Å². The van der Waals surface area contributed by atoms with Gasteiger partial charge in [-0.25, -0.2) is 9.37 Å². The maximum absolute atomic E-state index is 13.6. The molecule has 3 rings (SSSR count). The highest BCUT2D eigenvalue weighted by molar-refractivity contribution is 8.00. The minimum absolute atomic E-state index is 0.0392. The molecule has 0 N–H and O–H groups in total. The molecular formula is C21H19F4N3OS. The Morgan fingerprint density at radius 1 is 1.30 bits per heavy atom. The number of aromatic nitrogens is 1. The lowest BCUT2D eigenvalue weighted by Crippen LogP contribution is -2.42. The van der Waals surface area contributed by atoms with Crippen LogP contribution in [-0.2, 0) is 11.0 Å². The highest BCUT2D eigenvalue weighted by atomic mass is 32.2. The number of piperidine rings is 1. The predicted molar refractivity (Wildman–Crippen MR) is 105 cm³/mol. The van der Waals surface area contributed by atoms with Gasteiger partial charge in [0.05, 0.1) is 22.6 Å². The second-order valence-corrected chi connectivity index (χ2v) is 8.04. The number of amides is 1. The molecule has 2 aromatic rings. The molecule has 2 heterocycles. The zero-order valence-corrected chi connectivity index (χ0v) is 17.0. The number of hydrogen-bond donors (Lipinski definition) is 0. The van der Waals surface area contributed by atoms with E-state index in [1.165, 1.54) is 12.1 Å². The molecule has 1 amide bonds. The van der Waals surface area contributed by atoms with Crippen LogP contribution in [0, 0.1) is 17.1 Å². The summed E-state index contributed by atoms with van der Waals surface area (Å²) in [6, 6.07) is 7.32. The van der Waals surface area contributed by atoms with E-state index in [1.54, 1.807) is 11.0 Å². The molecule has 1 atom stereocenters. The number of rotatable bonds is 4. The largest absolute Gasteiger partial charge is 0.417 e. The van der Waals surface area contributed by atoms with Gasteiger partial charge in [0, 0.05) is 18.2 Å². The number of carbonyl (C=O) groups excluding carboxylic acids is 1. The van der Waals surface area contributed by atoms with E-state index in [-0.39, 0.29) is 34.0 Å². The van der Waals surface area contributed by atoms with Crippen LogP contribution in [0.5, 0.6) is 0 Å². The second-order valence-electron chi connectivity index (χ2n) is 7.07. The summed E-state index contributed by atoms with van der Waals surface area (Å²) in [4.78, 5) is 18.5. The summed E-state index contributed by atoms with van der Waals surface area (Å²) < 4.78 is 54.0. The summed E-state index contributed by atoms with van der Waals surface area (Å²) in [5, 5.41) is 9.21.